The number of para-hydroxylation sites is 2. The molecule has 3 heteroatoms. The quantitative estimate of drug-likeness (QED) is 0.523. The highest BCUT2D eigenvalue weighted by Crippen LogP contribution is 2.30. The van der Waals surface area contributed by atoms with Crippen molar-refractivity contribution in [3.8, 4) is 0 Å². The summed E-state index contributed by atoms with van der Waals surface area (Å²) >= 11 is 0. The Hall–Kier alpha value is -2.94. The molecule has 0 bridgehead atoms. The molecule has 0 saturated carbocycles. The summed E-state index contributed by atoms with van der Waals surface area (Å²) in [6.45, 7) is 4.14. The average Bonchev–Trinajstić information content (AvgIpc) is 2.56. The Balaban J connectivity index is 2.04. The van der Waals surface area contributed by atoms with Crippen LogP contribution in [0.15, 0.2) is 72.8 Å². The second-order valence-corrected chi connectivity index (χ2v) is 5.65. The van der Waals surface area contributed by atoms with Crippen molar-refractivity contribution in [2.75, 3.05) is 16.2 Å². The monoisotopic (exact) mass is 303 g/mol. The topological polar surface area (TPSA) is 41.3 Å². The van der Waals surface area contributed by atoms with Crippen LogP contribution >= 0.6 is 0 Å². The van der Waals surface area contributed by atoms with Gasteiger partial charge in [0, 0.05) is 5.69 Å². The largest absolute Gasteiger partial charge is 0.399 e. The standard InChI is InChI=1S/C20H21N3/c1-15-13-17(21)14-16(2)20(15)22-23(18-9-5-3-6-10-18)19-11-7-4-8-12-19/h3-14,22H,21H2,1-2H3. The lowest BCUT2D eigenvalue weighted by Gasteiger charge is -2.28. The summed E-state index contributed by atoms with van der Waals surface area (Å²) in [5, 5.41) is 2.09. The molecule has 0 heterocycles. The Morgan fingerprint density at radius 3 is 1.61 bits per heavy atom. The van der Waals surface area contributed by atoms with E-state index >= 15 is 0 Å². The molecule has 0 fully saturated rings. The smallest absolute Gasteiger partial charge is 0.0630 e. The zero-order chi connectivity index (χ0) is 16.2. The lowest BCUT2D eigenvalue weighted by Crippen LogP contribution is -2.25. The van der Waals surface area contributed by atoms with Crippen LogP contribution < -0.4 is 16.2 Å². The molecule has 0 saturated heterocycles. The number of hydrogen-bond acceptors (Lipinski definition) is 3. The normalized spacial score (nSPS) is 10.3. The molecular weight excluding hydrogens is 282 g/mol. The van der Waals surface area contributed by atoms with Gasteiger partial charge in [0.25, 0.3) is 0 Å². The van der Waals surface area contributed by atoms with Crippen molar-refractivity contribution in [2.45, 2.75) is 13.8 Å². The third-order valence-corrected chi connectivity index (χ3v) is 3.81. The second-order valence-electron chi connectivity index (χ2n) is 5.65. The zero-order valence-corrected chi connectivity index (χ0v) is 13.5. The maximum Gasteiger partial charge on any atom is 0.0630 e. The molecule has 0 amide bonds. The van der Waals surface area contributed by atoms with Gasteiger partial charge in [-0.3, -0.25) is 10.4 Å². The summed E-state index contributed by atoms with van der Waals surface area (Å²) in [5.41, 5.74) is 15.8. The van der Waals surface area contributed by atoms with E-state index in [0.29, 0.717) is 0 Å². The van der Waals surface area contributed by atoms with E-state index in [9.17, 15) is 0 Å². The Bertz CT molecular complexity index is 720. The van der Waals surface area contributed by atoms with Crippen LogP contribution in [0.3, 0.4) is 0 Å². The number of rotatable bonds is 4. The molecule has 3 nitrogen and oxygen atoms in total. The minimum atomic E-state index is 0.788. The summed E-state index contributed by atoms with van der Waals surface area (Å²) in [4.78, 5) is 0. The van der Waals surface area contributed by atoms with Crippen molar-refractivity contribution >= 4 is 22.7 Å². The molecule has 3 rings (SSSR count). The minimum Gasteiger partial charge on any atom is -0.399 e. The van der Waals surface area contributed by atoms with Crippen molar-refractivity contribution in [1.29, 1.82) is 0 Å². The molecule has 116 valence electrons. The van der Waals surface area contributed by atoms with Gasteiger partial charge in [-0.1, -0.05) is 36.4 Å². The van der Waals surface area contributed by atoms with Crippen LogP contribution in [0.4, 0.5) is 22.7 Å². The molecule has 0 aromatic heterocycles. The van der Waals surface area contributed by atoms with Gasteiger partial charge in [-0.25, -0.2) is 0 Å². The molecule has 0 radical (unpaired) electrons. The lowest BCUT2D eigenvalue weighted by molar-refractivity contribution is 1.14. The van der Waals surface area contributed by atoms with Crippen molar-refractivity contribution < 1.29 is 0 Å². The lowest BCUT2D eigenvalue weighted by atomic mass is 10.1. The number of aryl methyl sites for hydroxylation is 2. The first-order chi connectivity index (χ1) is 11.1. The molecule has 0 aliphatic rings. The van der Waals surface area contributed by atoms with E-state index in [1.54, 1.807) is 0 Å². The predicted molar refractivity (Wildman–Crippen MR) is 99.0 cm³/mol. The van der Waals surface area contributed by atoms with Crippen LogP contribution in [0.5, 0.6) is 0 Å². The molecule has 0 aliphatic carbocycles. The summed E-state index contributed by atoms with van der Waals surface area (Å²) in [6, 6.07) is 24.5. The van der Waals surface area contributed by atoms with E-state index in [0.717, 1.165) is 33.9 Å². The van der Waals surface area contributed by atoms with E-state index < -0.39 is 0 Å². The highest BCUT2D eigenvalue weighted by atomic mass is 15.5. The predicted octanol–water partition coefficient (Wildman–Crippen LogP) is 5.05. The fourth-order valence-electron chi connectivity index (χ4n) is 2.72. The highest BCUT2D eigenvalue weighted by molar-refractivity contribution is 5.72. The average molecular weight is 303 g/mol. The first kappa shape index (κ1) is 15.0. The maximum atomic E-state index is 5.94. The van der Waals surface area contributed by atoms with E-state index in [1.165, 1.54) is 0 Å². The fourth-order valence-corrected chi connectivity index (χ4v) is 2.72. The summed E-state index contributed by atoms with van der Waals surface area (Å²) in [5.74, 6) is 0. The number of anilines is 4. The third-order valence-electron chi connectivity index (χ3n) is 3.81. The minimum absolute atomic E-state index is 0.788. The molecule has 23 heavy (non-hydrogen) atoms. The number of nitrogens with two attached hydrogens (primary N) is 1. The Kier molecular flexibility index (Phi) is 4.20. The number of nitrogen functional groups attached to an aromatic ring is 1. The zero-order valence-electron chi connectivity index (χ0n) is 13.5. The van der Waals surface area contributed by atoms with Crippen molar-refractivity contribution in [3.63, 3.8) is 0 Å². The fraction of sp³-hybridized carbons (Fsp3) is 0.100. The van der Waals surface area contributed by atoms with Gasteiger partial charge < -0.3 is 5.73 Å². The summed E-state index contributed by atoms with van der Waals surface area (Å²) in [6.07, 6.45) is 0. The van der Waals surface area contributed by atoms with Crippen molar-refractivity contribution in [1.82, 2.24) is 0 Å². The second kappa shape index (κ2) is 6.44. The highest BCUT2D eigenvalue weighted by Gasteiger charge is 2.12. The van der Waals surface area contributed by atoms with Gasteiger partial charge in [0.1, 0.15) is 0 Å². The molecule has 0 aliphatic heterocycles. The number of hydrazine groups is 1. The summed E-state index contributed by atoms with van der Waals surface area (Å²) in [7, 11) is 0. The van der Waals surface area contributed by atoms with Gasteiger partial charge in [-0.15, -0.1) is 0 Å². The van der Waals surface area contributed by atoms with E-state index in [-0.39, 0.29) is 0 Å². The van der Waals surface area contributed by atoms with Crippen LogP contribution in [0.1, 0.15) is 11.1 Å². The maximum absolute atomic E-state index is 5.94. The van der Waals surface area contributed by atoms with E-state index in [1.807, 2.05) is 48.5 Å². The van der Waals surface area contributed by atoms with Gasteiger partial charge in [0.15, 0.2) is 0 Å². The van der Waals surface area contributed by atoms with Gasteiger partial charge >= 0.3 is 0 Å². The number of hydrogen-bond donors (Lipinski definition) is 2. The van der Waals surface area contributed by atoms with Crippen LogP contribution in [0.25, 0.3) is 0 Å². The summed E-state index contributed by atoms with van der Waals surface area (Å²) < 4.78 is 0. The molecular formula is C20H21N3. The van der Waals surface area contributed by atoms with Gasteiger partial charge in [0.2, 0.25) is 0 Å². The third kappa shape index (κ3) is 3.29. The number of nitrogens with zero attached hydrogens (tertiary/aromatic N) is 1. The Morgan fingerprint density at radius 1 is 0.739 bits per heavy atom. The Morgan fingerprint density at radius 2 is 1.17 bits per heavy atom. The molecule has 0 atom stereocenters. The van der Waals surface area contributed by atoms with E-state index in [4.69, 9.17) is 5.73 Å². The van der Waals surface area contributed by atoms with Crippen LogP contribution in [-0.2, 0) is 0 Å². The molecule has 3 aromatic carbocycles. The van der Waals surface area contributed by atoms with Crippen molar-refractivity contribution in [2.24, 2.45) is 0 Å². The molecule has 0 unspecified atom stereocenters. The first-order valence-corrected chi connectivity index (χ1v) is 7.69. The van der Waals surface area contributed by atoms with Gasteiger partial charge in [-0.05, 0) is 61.4 Å². The first-order valence-electron chi connectivity index (χ1n) is 7.69. The van der Waals surface area contributed by atoms with Crippen LogP contribution in [0, 0.1) is 13.8 Å². The number of nitrogens with one attached hydrogen (secondary N) is 1. The van der Waals surface area contributed by atoms with Crippen molar-refractivity contribution in [3.05, 3.63) is 83.9 Å². The Labute approximate surface area is 137 Å². The van der Waals surface area contributed by atoms with Gasteiger partial charge in [0.05, 0.1) is 17.1 Å². The molecule has 3 aromatic rings. The molecule has 3 N–H and O–H groups in total. The van der Waals surface area contributed by atoms with Crippen LogP contribution in [0.2, 0.25) is 0 Å². The van der Waals surface area contributed by atoms with E-state index in [2.05, 4.69) is 48.5 Å². The number of benzene rings is 3. The SMILES string of the molecule is Cc1cc(N)cc(C)c1NN(c1ccccc1)c1ccccc1. The van der Waals surface area contributed by atoms with Crippen LogP contribution in [-0.4, -0.2) is 0 Å². The van der Waals surface area contributed by atoms with Gasteiger partial charge in [-0.2, -0.15) is 0 Å². The molecule has 0 spiro atoms.